The molecule has 1 fully saturated rings. The molecule has 0 bridgehead atoms. The molecule has 0 saturated carbocycles. The summed E-state index contributed by atoms with van der Waals surface area (Å²) in [7, 11) is 0. The molecular weight excluding hydrogens is 302 g/mol. The molecule has 1 atom stereocenters. The molecule has 1 aliphatic rings. The Kier molecular flexibility index (Phi) is 4.34. The Bertz CT molecular complexity index is 801. The van der Waals surface area contributed by atoms with E-state index in [9.17, 15) is 9.59 Å². The van der Waals surface area contributed by atoms with Crippen molar-refractivity contribution in [2.45, 2.75) is 27.2 Å². The first-order valence-electron chi connectivity index (χ1n) is 8.07. The van der Waals surface area contributed by atoms with Gasteiger partial charge in [0.25, 0.3) is 0 Å². The topological polar surface area (TPSA) is 62.3 Å². The molecule has 2 heterocycles. The molecule has 1 unspecified atom stereocenters. The maximum Gasteiger partial charge on any atom is 0.230 e. The summed E-state index contributed by atoms with van der Waals surface area (Å²) in [6, 6.07) is 11.4. The molecule has 1 saturated heterocycles. The lowest BCUT2D eigenvalue weighted by molar-refractivity contribution is -0.122. The Labute approximate surface area is 141 Å². The monoisotopic (exact) mass is 323 g/mol. The summed E-state index contributed by atoms with van der Waals surface area (Å²) in [5.41, 5.74) is 3.95. The van der Waals surface area contributed by atoms with Crippen molar-refractivity contribution in [1.82, 2.24) is 4.98 Å². The molecule has 1 aliphatic heterocycles. The van der Waals surface area contributed by atoms with Gasteiger partial charge in [-0.2, -0.15) is 0 Å². The Morgan fingerprint density at radius 3 is 2.67 bits per heavy atom. The zero-order chi connectivity index (χ0) is 17.3. The van der Waals surface area contributed by atoms with E-state index in [2.05, 4.69) is 10.3 Å². The van der Waals surface area contributed by atoms with Gasteiger partial charge in [0.05, 0.1) is 5.92 Å². The van der Waals surface area contributed by atoms with E-state index in [1.54, 1.807) is 11.0 Å². The predicted molar refractivity (Wildman–Crippen MR) is 94.0 cm³/mol. The van der Waals surface area contributed by atoms with Crippen molar-refractivity contribution in [2.75, 3.05) is 16.8 Å². The first kappa shape index (κ1) is 16.2. The fourth-order valence-corrected chi connectivity index (χ4v) is 2.99. The van der Waals surface area contributed by atoms with Crippen LogP contribution in [0.1, 0.15) is 23.2 Å². The van der Waals surface area contributed by atoms with Crippen LogP contribution in [0.2, 0.25) is 0 Å². The Morgan fingerprint density at radius 1 is 1.17 bits per heavy atom. The molecule has 124 valence electrons. The van der Waals surface area contributed by atoms with Crippen molar-refractivity contribution in [3.63, 3.8) is 0 Å². The van der Waals surface area contributed by atoms with Gasteiger partial charge in [-0.1, -0.05) is 18.2 Å². The number of benzene rings is 1. The van der Waals surface area contributed by atoms with E-state index in [0.717, 1.165) is 22.5 Å². The largest absolute Gasteiger partial charge is 0.311 e. The lowest BCUT2D eigenvalue weighted by Gasteiger charge is -2.20. The first-order valence-corrected chi connectivity index (χ1v) is 8.07. The van der Waals surface area contributed by atoms with Crippen LogP contribution in [0.5, 0.6) is 0 Å². The number of carbonyl (C=O) groups is 2. The molecule has 0 aliphatic carbocycles. The van der Waals surface area contributed by atoms with Crippen molar-refractivity contribution in [1.29, 1.82) is 0 Å². The molecule has 24 heavy (non-hydrogen) atoms. The molecule has 1 aromatic carbocycles. The van der Waals surface area contributed by atoms with Gasteiger partial charge in [0.15, 0.2) is 0 Å². The van der Waals surface area contributed by atoms with E-state index in [1.807, 2.05) is 51.1 Å². The van der Waals surface area contributed by atoms with E-state index in [4.69, 9.17) is 0 Å². The number of hydrogen-bond acceptors (Lipinski definition) is 3. The zero-order valence-corrected chi connectivity index (χ0v) is 14.2. The molecule has 2 amide bonds. The van der Waals surface area contributed by atoms with Crippen LogP contribution >= 0.6 is 0 Å². The third kappa shape index (κ3) is 3.15. The number of pyridine rings is 1. The molecule has 5 heteroatoms. The Morgan fingerprint density at radius 2 is 1.92 bits per heavy atom. The van der Waals surface area contributed by atoms with Crippen LogP contribution in [0, 0.1) is 26.7 Å². The second-order valence-corrected chi connectivity index (χ2v) is 6.28. The minimum absolute atomic E-state index is 0.0129. The normalized spacial score (nSPS) is 17.2. The van der Waals surface area contributed by atoms with E-state index in [0.29, 0.717) is 12.4 Å². The molecule has 5 nitrogen and oxygen atoms in total. The number of amides is 2. The van der Waals surface area contributed by atoms with Crippen molar-refractivity contribution >= 4 is 23.3 Å². The van der Waals surface area contributed by atoms with Crippen molar-refractivity contribution < 1.29 is 9.59 Å². The van der Waals surface area contributed by atoms with Crippen LogP contribution in [0.25, 0.3) is 0 Å². The first-order chi connectivity index (χ1) is 11.5. The minimum atomic E-state index is -0.361. The number of carbonyl (C=O) groups excluding carboxylic acids is 2. The van der Waals surface area contributed by atoms with Gasteiger partial charge in [-0.15, -0.1) is 0 Å². The number of rotatable bonds is 3. The van der Waals surface area contributed by atoms with E-state index < -0.39 is 0 Å². The summed E-state index contributed by atoms with van der Waals surface area (Å²) in [5.74, 6) is -0.00679. The van der Waals surface area contributed by atoms with E-state index in [-0.39, 0.29) is 24.2 Å². The average Bonchev–Trinajstić information content (AvgIpc) is 2.92. The highest BCUT2D eigenvalue weighted by Crippen LogP contribution is 2.29. The minimum Gasteiger partial charge on any atom is -0.311 e. The van der Waals surface area contributed by atoms with Gasteiger partial charge < -0.3 is 10.2 Å². The third-order valence-corrected chi connectivity index (χ3v) is 4.50. The average molecular weight is 323 g/mol. The fourth-order valence-electron chi connectivity index (χ4n) is 2.99. The molecular formula is C19H21N3O2. The third-order valence-electron chi connectivity index (χ3n) is 4.50. The second-order valence-electron chi connectivity index (χ2n) is 6.28. The molecule has 3 rings (SSSR count). The molecule has 1 aromatic heterocycles. The highest BCUT2D eigenvalue weighted by Gasteiger charge is 2.35. The number of aromatic nitrogens is 1. The molecule has 0 spiro atoms. The van der Waals surface area contributed by atoms with Gasteiger partial charge in [0.1, 0.15) is 5.82 Å². The van der Waals surface area contributed by atoms with Gasteiger partial charge in [0.2, 0.25) is 11.8 Å². The van der Waals surface area contributed by atoms with Crippen LogP contribution in [0.3, 0.4) is 0 Å². The summed E-state index contributed by atoms with van der Waals surface area (Å²) in [5, 5.41) is 2.81. The molecule has 2 aromatic rings. The number of aryl methyl sites for hydroxylation is 2. The van der Waals surface area contributed by atoms with Crippen molar-refractivity contribution in [3.05, 3.63) is 53.2 Å². The Hall–Kier alpha value is -2.69. The van der Waals surface area contributed by atoms with Crippen LogP contribution < -0.4 is 10.2 Å². The molecule has 0 radical (unpaired) electrons. The quantitative estimate of drug-likeness (QED) is 0.944. The van der Waals surface area contributed by atoms with E-state index in [1.165, 1.54) is 0 Å². The van der Waals surface area contributed by atoms with Gasteiger partial charge in [-0.25, -0.2) is 4.98 Å². The number of anilines is 2. The van der Waals surface area contributed by atoms with Crippen LogP contribution in [-0.4, -0.2) is 23.3 Å². The highest BCUT2D eigenvalue weighted by molar-refractivity contribution is 6.03. The van der Waals surface area contributed by atoms with Gasteiger partial charge in [-0.05, 0) is 50.1 Å². The number of nitrogens with zero attached hydrogens (tertiary/aromatic N) is 2. The summed E-state index contributed by atoms with van der Waals surface area (Å²) in [6.07, 6.45) is 0.227. The Balaban J connectivity index is 1.74. The molecule has 1 N–H and O–H groups in total. The SMILES string of the molecule is Cc1cccc(NC(=O)C2CC(=O)N(c3cccc(C)c3C)C2)n1. The van der Waals surface area contributed by atoms with Crippen LogP contribution in [0.4, 0.5) is 11.5 Å². The van der Waals surface area contributed by atoms with Crippen LogP contribution in [-0.2, 0) is 9.59 Å². The smallest absolute Gasteiger partial charge is 0.230 e. The lowest BCUT2D eigenvalue weighted by atomic mass is 10.1. The maximum atomic E-state index is 12.5. The predicted octanol–water partition coefficient (Wildman–Crippen LogP) is 3.00. The van der Waals surface area contributed by atoms with Crippen LogP contribution in [0.15, 0.2) is 36.4 Å². The standard InChI is InChI=1S/C19H21N3O2/c1-12-6-4-8-16(14(12)3)22-11-15(10-18(22)23)19(24)21-17-9-5-7-13(2)20-17/h4-9,15H,10-11H2,1-3H3,(H,20,21,24). The van der Waals surface area contributed by atoms with Gasteiger partial charge in [-0.3, -0.25) is 9.59 Å². The lowest BCUT2D eigenvalue weighted by Crippen LogP contribution is -2.28. The summed E-state index contributed by atoms with van der Waals surface area (Å²) >= 11 is 0. The second kappa shape index (κ2) is 6.43. The van der Waals surface area contributed by atoms with Gasteiger partial charge >= 0.3 is 0 Å². The van der Waals surface area contributed by atoms with E-state index >= 15 is 0 Å². The van der Waals surface area contributed by atoms with Crippen molar-refractivity contribution in [2.24, 2.45) is 5.92 Å². The summed E-state index contributed by atoms with van der Waals surface area (Å²) < 4.78 is 0. The fraction of sp³-hybridized carbons (Fsp3) is 0.316. The number of hydrogen-bond donors (Lipinski definition) is 1. The van der Waals surface area contributed by atoms with Gasteiger partial charge in [0, 0.05) is 24.3 Å². The summed E-state index contributed by atoms with van der Waals surface area (Å²) in [6.45, 7) is 6.30. The highest BCUT2D eigenvalue weighted by atomic mass is 16.2. The zero-order valence-electron chi connectivity index (χ0n) is 14.2. The number of nitrogens with one attached hydrogen (secondary N) is 1. The van der Waals surface area contributed by atoms with Crippen molar-refractivity contribution in [3.8, 4) is 0 Å². The summed E-state index contributed by atoms with van der Waals surface area (Å²) in [4.78, 5) is 30.9. The maximum absolute atomic E-state index is 12.5.